The van der Waals surface area contributed by atoms with Crippen molar-refractivity contribution < 1.29 is 36.3 Å². The lowest BCUT2D eigenvalue weighted by Crippen LogP contribution is -2.42. The van der Waals surface area contributed by atoms with E-state index in [0.717, 1.165) is 12.1 Å². The van der Waals surface area contributed by atoms with Crippen LogP contribution in [0.5, 0.6) is 5.88 Å². The molecule has 1 aromatic carbocycles. The number of halogens is 5. The number of amides is 2. The van der Waals surface area contributed by atoms with Gasteiger partial charge in [-0.25, -0.2) is 13.8 Å². The monoisotopic (exact) mass is 528 g/mol. The molecule has 1 saturated carbocycles. The Morgan fingerprint density at radius 2 is 1.81 bits per heavy atom. The zero-order valence-electron chi connectivity index (χ0n) is 20.7. The van der Waals surface area contributed by atoms with Crippen molar-refractivity contribution in [1.29, 1.82) is 0 Å². The SMILES string of the molecule is COc1ccc(C(CC(=O)NC[C@H](Cc2cc(F)c(C(N)=O)c(F)c2)N(C)C)C2(C(F)(F)F)CC2)cn1. The molecule has 1 aromatic heterocycles. The van der Waals surface area contributed by atoms with Gasteiger partial charge < -0.3 is 20.7 Å². The van der Waals surface area contributed by atoms with Crippen LogP contribution >= 0.6 is 0 Å². The Morgan fingerprint density at radius 3 is 2.24 bits per heavy atom. The zero-order chi connectivity index (χ0) is 27.5. The molecular formula is C25H29F5N4O3. The molecule has 1 fully saturated rings. The minimum Gasteiger partial charge on any atom is -0.481 e. The molecule has 1 aliphatic rings. The van der Waals surface area contributed by atoms with Crippen LogP contribution in [0.1, 0.15) is 46.7 Å². The quantitative estimate of drug-likeness (QED) is 0.435. The molecule has 12 heteroatoms. The summed E-state index contributed by atoms with van der Waals surface area (Å²) in [7, 11) is 4.77. The van der Waals surface area contributed by atoms with E-state index < -0.39 is 59.0 Å². The van der Waals surface area contributed by atoms with Crippen molar-refractivity contribution in [2.45, 2.75) is 43.8 Å². The first-order valence-corrected chi connectivity index (χ1v) is 11.6. The number of aromatic nitrogens is 1. The van der Waals surface area contributed by atoms with Crippen LogP contribution in [0.3, 0.4) is 0 Å². The number of nitrogens with zero attached hydrogens (tertiary/aromatic N) is 2. The molecule has 0 aliphatic heterocycles. The maximum atomic E-state index is 14.2. The van der Waals surface area contributed by atoms with Gasteiger partial charge in [0.2, 0.25) is 11.8 Å². The predicted octanol–water partition coefficient (Wildman–Crippen LogP) is 3.57. The van der Waals surface area contributed by atoms with Gasteiger partial charge in [0.15, 0.2) is 0 Å². The Labute approximate surface area is 211 Å². The van der Waals surface area contributed by atoms with Crippen LogP contribution in [0.2, 0.25) is 0 Å². The summed E-state index contributed by atoms with van der Waals surface area (Å²) in [5, 5.41) is 2.66. The molecular weight excluding hydrogens is 499 g/mol. The molecule has 3 N–H and O–H groups in total. The highest BCUT2D eigenvalue weighted by atomic mass is 19.4. The Morgan fingerprint density at radius 1 is 1.19 bits per heavy atom. The molecule has 7 nitrogen and oxygen atoms in total. The highest BCUT2D eigenvalue weighted by Crippen LogP contribution is 2.66. The van der Waals surface area contributed by atoms with E-state index in [1.54, 1.807) is 19.0 Å². The van der Waals surface area contributed by atoms with E-state index in [1.807, 2.05) is 0 Å². The molecule has 0 radical (unpaired) electrons. The maximum Gasteiger partial charge on any atom is 0.395 e. The van der Waals surface area contributed by atoms with Crippen LogP contribution in [0.4, 0.5) is 22.0 Å². The van der Waals surface area contributed by atoms with Crippen molar-refractivity contribution in [1.82, 2.24) is 15.2 Å². The molecule has 3 rings (SSSR count). The second-order valence-electron chi connectivity index (χ2n) is 9.47. The van der Waals surface area contributed by atoms with Crippen molar-refractivity contribution in [3.8, 4) is 5.88 Å². The number of pyridine rings is 1. The van der Waals surface area contributed by atoms with Gasteiger partial charge in [-0.15, -0.1) is 0 Å². The number of hydrogen-bond acceptors (Lipinski definition) is 5. The first kappa shape index (κ1) is 28.3. The Bertz CT molecular complexity index is 1110. The van der Waals surface area contributed by atoms with E-state index in [9.17, 15) is 31.5 Å². The lowest BCUT2D eigenvalue weighted by atomic mass is 9.80. The van der Waals surface area contributed by atoms with Crippen molar-refractivity contribution >= 4 is 11.8 Å². The summed E-state index contributed by atoms with van der Waals surface area (Å²) in [6.07, 6.45) is -3.68. The number of nitrogens with two attached hydrogens (primary N) is 1. The Kier molecular flexibility index (Phi) is 8.41. The third-order valence-corrected chi connectivity index (χ3v) is 6.87. The number of primary amides is 1. The van der Waals surface area contributed by atoms with E-state index in [1.165, 1.54) is 25.4 Å². The smallest absolute Gasteiger partial charge is 0.395 e. The molecule has 37 heavy (non-hydrogen) atoms. The van der Waals surface area contributed by atoms with Crippen molar-refractivity contribution in [2.75, 3.05) is 27.7 Å². The van der Waals surface area contributed by atoms with Gasteiger partial charge in [0.1, 0.15) is 17.2 Å². The third-order valence-electron chi connectivity index (χ3n) is 6.87. The maximum absolute atomic E-state index is 14.2. The van der Waals surface area contributed by atoms with Crippen molar-refractivity contribution in [3.05, 3.63) is 58.8 Å². The van der Waals surface area contributed by atoms with Crippen LogP contribution in [0.25, 0.3) is 0 Å². The first-order valence-electron chi connectivity index (χ1n) is 11.6. The van der Waals surface area contributed by atoms with Crippen LogP contribution in [-0.2, 0) is 11.2 Å². The number of benzene rings is 1. The van der Waals surface area contributed by atoms with Gasteiger partial charge in [0.25, 0.3) is 5.91 Å². The van der Waals surface area contributed by atoms with Gasteiger partial charge in [-0.2, -0.15) is 13.2 Å². The molecule has 0 saturated heterocycles. The Balaban J connectivity index is 1.73. The largest absolute Gasteiger partial charge is 0.481 e. The average Bonchev–Trinajstić information content (AvgIpc) is 3.61. The standard InChI is InChI=1S/C25H29F5N4O3/c1-34(2)16(8-14-9-18(26)22(23(31)36)19(27)10-14)13-32-20(35)11-17(24(6-7-24)25(28,29)30)15-4-5-21(37-3)33-12-15/h4-5,9-10,12,16-17H,6-8,11,13H2,1-3H3,(H2,31,36)(H,32,35)/t16-,17?/m0/s1. The fraction of sp³-hybridized carbons (Fsp3) is 0.480. The highest BCUT2D eigenvalue weighted by molar-refractivity contribution is 5.93. The van der Waals surface area contributed by atoms with Gasteiger partial charge in [0, 0.05) is 37.2 Å². The minimum absolute atomic E-state index is 0.0131. The van der Waals surface area contributed by atoms with Crippen LogP contribution in [0, 0.1) is 17.0 Å². The number of methoxy groups -OCH3 is 1. The highest BCUT2D eigenvalue weighted by Gasteiger charge is 2.67. The summed E-state index contributed by atoms with van der Waals surface area (Å²) in [5.41, 5.74) is 2.67. The summed E-state index contributed by atoms with van der Waals surface area (Å²) < 4.78 is 75.2. The summed E-state index contributed by atoms with van der Waals surface area (Å²) >= 11 is 0. The number of rotatable bonds is 11. The minimum atomic E-state index is -4.49. The molecule has 2 amide bonds. The molecule has 1 aliphatic carbocycles. The van der Waals surface area contributed by atoms with Crippen molar-refractivity contribution in [3.63, 3.8) is 0 Å². The van der Waals surface area contributed by atoms with Crippen molar-refractivity contribution in [2.24, 2.45) is 11.1 Å². The number of carbonyl (C=O) groups excluding carboxylic acids is 2. The summed E-state index contributed by atoms with van der Waals surface area (Å²) in [5.74, 6) is -4.90. The summed E-state index contributed by atoms with van der Waals surface area (Å²) in [6.45, 7) is 0.0131. The number of carbonyl (C=O) groups is 2. The van der Waals surface area contributed by atoms with Crippen LogP contribution in [0.15, 0.2) is 30.5 Å². The van der Waals surface area contributed by atoms with Gasteiger partial charge in [-0.05, 0) is 56.6 Å². The molecule has 0 bridgehead atoms. The topological polar surface area (TPSA) is 97.5 Å². The van der Waals surface area contributed by atoms with Gasteiger partial charge >= 0.3 is 6.18 Å². The molecule has 0 spiro atoms. The number of likely N-dealkylation sites (N-methyl/N-ethyl adjacent to an activating group) is 1. The fourth-order valence-electron chi connectivity index (χ4n) is 4.49. The molecule has 1 heterocycles. The van der Waals surface area contributed by atoms with E-state index in [4.69, 9.17) is 10.5 Å². The second-order valence-corrected chi connectivity index (χ2v) is 9.47. The second kappa shape index (κ2) is 11.0. The van der Waals surface area contributed by atoms with E-state index in [0.29, 0.717) is 0 Å². The molecule has 1 unspecified atom stereocenters. The van der Waals surface area contributed by atoms with Crippen LogP contribution < -0.4 is 15.8 Å². The molecule has 2 atom stereocenters. The van der Waals surface area contributed by atoms with Gasteiger partial charge in [-0.3, -0.25) is 9.59 Å². The van der Waals surface area contributed by atoms with E-state index in [2.05, 4.69) is 10.3 Å². The fourth-order valence-corrected chi connectivity index (χ4v) is 4.49. The summed E-state index contributed by atoms with van der Waals surface area (Å²) in [4.78, 5) is 29.8. The first-order chi connectivity index (χ1) is 17.3. The van der Waals surface area contributed by atoms with Gasteiger partial charge in [-0.1, -0.05) is 6.07 Å². The van der Waals surface area contributed by atoms with E-state index in [-0.39, 0.29) is 42.8 Å². The van der Waals surface area contributed by atoms with E-state index >= 15 is 0 Å². The van der Waals surface area contributed by atoms with Gasteiger partial charge in [0.05, 0.1) is 12.5 Å². The lowest BCUT2D eigenvalue weighted by molar-refractivity contribution is -0.194. The number of ether oxygens (including phenoxy) is 1. The van der Waals surface area contributed by atoms with Crippen LogP contribution in [-0.4, -0.2) is 61.7 Å². The Hall–Kier alpha value is -3.28. The zero-order valence-corrected chi connectivity index (χ0v) is 20.7. The summed E-state index contributed by atoms with van der Waals surface area (Å²) in [6, 6.07) is 4.48. The average molecular weight is 529 g/mol. The molecule has 202 valence electrons. The number of hydrogen-bond donors (Lipinski definition) is 2. The number of nitrogens with one attached hydrogen (secondary N) is 1. The number of alkyl halides is 3. The predicted molar refractivity (Wildman–Crippen MR) is 125 cm³/mol. The molecule has 2 aromatic rings. The lowest BCUT2D eigenvalue weighted by Gasteiger charge is -2.30. The normalized spacial score (nSPS) is 16.2. The third kappa shape index (κ3) is 6.35.